The molecular weight excluding hydrogens is 258 g/mol. The van der Waals surface area contributed by atoms with E-state index in [2.05, 4.69) is 22.4 Å². The predicted molar refractivity (Wildman–Crippen MR) is 72.9 cm³/mol. The van der Waals surface area contributed by atoms with Gasteiger partial charge < -0.3 is 19.3 Å². The second-order valence-corrected chi connectivity index (χ2v) is 4.77. The average Bonchev–Trinajstić information content (AvgIpc) is 2.95. The summed E-state index contributed by atoms with van der Waals surface area (Å²) in [4.78, 5) is 4.40. The molecule has 0 amide bonds. The number of nitrogens with one attached hydrogen (secondary N) is 1. The lowest BCUT2D eigenvalue weighted by atomic mass is 10.2. The van der Waals surface area contributed by atoms with Crippen LogP contribution >= 0.6 is 0 Å². The molecule has 0 saturated carbocycles. The molecule has 1 aliphatic heterocycles. The van der Waals surface area contributed by atoms with Gasteiger partial charge in [0, 0.05) is 18.0 Å². The van der Waals surface area contributed by atoms with Crippen molar-refractivity contribution in [2.45, 2.75) is 19.4 Å². The highest BCUT2D eigenvalue weighted by atomic mass is 16.6. The summed E-state index contributed by atoms with van der Waals surface area (Å²) in [5, 5.41) is 7.14. The molecule has 1 N–H and O–H groups in total. The molecule has 1 unspecified atom stereocenters. The molecule has 1 aromatic heterocycles. The van der Waals surface area contributed by atoms with Crippen LogP contribution in [0.5, 0.6) is 11.5 Å². The lowest BCUT2D eigenvalue weighted by Gasteiger charge is -2.18. The topological polar surface area (TPSA) is 69.4 Å². The molecule has 2 heterocycles. The zero-order chi connectivity index (χ0) is 13.9. The van der Waals surface area contributed by atoms with E-state index in [1.165, 1.54) is 0 Å². The van der Waals surface area contributed by atoms with Crippen LogP contribution in [0.2, 0.25) is 0 Å². The Balaban J connectivity index is 1.82. The summed E-state index contributed by atoms with van der Waals surface area (Å²) in [6, 6.07) is 5.93. The Morgan fingerprint density at radius 3 is 2.85 bits per heavy atom. The number of fused-ring (bicyclic) bond motifs is 1. The van der Waals surface area contributed by atoms with E-state index < -0.39 is 0 Å². The molecule has 1 aliphatic rings. The van der Waals surface area contributed by atoms with Crippen molar-refractivity contribution in [3.05, 3.63) is 24.0 Å². The largest absolute Gasteiger partial charge is 0.486 e. The van der Waals surface area contributed by atoms with Gasteiger partial charge in [0.2, 0.25) is 0 Å². The Labute approximate surface area is 117 Å². The van der Waals surface area contributed by atoms with Crippen LogP contribution in [-0.2, 0) is 6.42 Å². The van der Waals surface area contributed by atoms with Crippen molar-refractivity contribution in [3.8, 4) is 23.0 Å². The van der Waals surface area contributed by atoms with E-state index in [0.29, 0.717) is 31.0 Å². The normalized spacial score (nSPS) is 15.1. The molecule has 0 fully saturated rings. The lowest BCUT2D eigenvalue weighted by Crippen LogP contribution is -2.24. The van der Waals surface area contributed by atoms with Crippen LogP contribution in [0, 0.1) is 0 Å². The Morgan fingerprint density at radius 2 is 2.05 bits per heavy atom. The van der Waals surface area contributed by atoms with Gasteiger partial charge in [0.25, 0.3) is 5.89 Å². The molecule has 1 atom stereocenters. The van der Waals surface area contributed by atoms with Crippen molar-refractivity contribution in [2.24, 2.45) is 0 Å². The van der Waals surface area contributed by atoms with Crippen LogP contribution in [0.25, 0.3) is 11.5 Å². The number of benzene rings is 1. The minimum absolute atomic E-state index is 0.306. The maximum atomic E-state index is 5.55. The van der Waals surface area contributed by atoms with Gasteiger partial charge in [0.05, 0.1) is 0 Å². The quantitative estimate of drug-likeness (QED) is 0.915. The number of nitrogens with zero attached hydrogens (tertiary/aromatic N) is 2. The standard InChI is InChI=1S/C14H17N3O3/c1-9(15-2)7-13-16-14(20-17-13)10-3-4-11-12(8-10)19-6-5-18-11/h3-4,8-9,15H,5-7H2,1-2H3. The van der Waals surface area contributed by atoms with Crippen LogP contribution in [0.4, 0.5) is 0 Å². The van der Waals surface area contributed by atoms with Gasteiger partial charge in [-0.3, -0.25) is 0 Å². The van der Waals surface area contributed by atoms with Crippen molar-refractivity contribution in [2.75, 3.05) is 20.3 Å². The van der Waals surface area contributed by atoms with Crippen molar-refractivity contribution in [1.29, 1.82) is 0 Å². The smallest absolute Gasteiger partial charge is 0.258 e. The van der Waals surface area contributed by atoms with Gasteiger partial charge in [0.15, 0.2) is 17.3 Å². The summed E-state index contributed by atoms with van der Waals surface area (Å²) in [6.45, 7) is 3.21. The first kappa shape index (κ1) is 12.9. The molecule has 0 saturated heterocycles. The molecule has 0 aliphatic carbocycles. The molecule has 106 valence electrons. The molecule has 6 heteroatoms. The fourth-order valence-corrected chi connectivity index (χ4v) is 2.01. The van der Waals surface area contributed by atoms with Gasteiger partial charge in [-0.05, 0) is 32.2 Å². The Kier molecular flexibility index (Phi) is 3.56. The van der Waals surface area contributed by atoms with Crippen molar-refractivity contribution >= 4 is 0 Å². The van der Waals surface area contributed by atoms with Crippen LogP contribution in [0.3, 0.4) is 0 Å². The number of likely N-dealkylation sites (N-methyl/N-ethyl adjacent to an activating group) is 1. The molecule has 3 rings (SSSR count). The highest BCUT2D eigenvalue weighted by Gasteiger charge is 2.16. The second-order valence-electron chi connectivity index (χ2n) is 4.77. The van der Waals surface area contributed by atoms with Crippen molar-refractivity contribution in [1.82, 2.24) is 15.5 Å². The maximum Gasteiger partial charge on any atom is 0.258 e. The van der Waals surface area contributed by atoms with Crippen LogP contribution in [-0.4, -0.2) is 36.4 Å². The number of hydrogen-bond acceptors (Lipinski definition) is 6. The Bertz CT molecular complexity index is 597. The van der Waals surface area contributed by atoms with E-state index in [9.17, 15) is 0 Å². The van der Waals surface area contributed by atoms with E-state index in [0.717, 1.165) is 23.5 Å². The fourth-order valence-electron chi connectivity index (χ4n) is 2.01. The molecular formula is C14H17N3O3. The number of rotatable bonds is 4. The highest BCUT2D eigenvalue weighted by molar-refractivity contribution is 5.60. The number of aromatic nitrogens is 2. The summed E-state index contributed by atoms with van der Waals surface area (Å²) in [5.74, 6) is 2.66. The third-order valence-electron chi connectivity index (χ3n) is 3.24. The number of ether oxygens (including phenoxy) is 2. The lowest BCUT2D eigenvalue weighted by molar-refractivity contribution is 0.171. The van der Waals surface area contributed by atoms with Crippen LogP contribution < -0.4 is 14.8 Å². The zero-order valence-corrected chi connectivity index (χ0v) is 11.5. The summed E-state index contributed by atoms with van der Waals surface area (Å²) in [5.41, 5.74) is 0.838. The van der Waals surface area contributed by atoms with Gasteiger partial charge >= 0.3 is 0 Å². The summed E-state index contributed by atoms with van der Waals surface area (Å²) < 4.78 is 16.3. The van der Waals surface area contributed by atoms with Crippen molar-refractivity contribution in [3.63, 3.8) is 0 Å². The summed E-state index contributed by atoms with van der Waals surface area (Å²) >= 11 is 0. The third-order valence-corrected chi connectivity index (χ3v) is 3.24. The molecule has 20 heavy (non-hydrogen) atoms. The van der Waals surface area contributed by atoms with Crippen molar-refractivity contribution < 1.29 is 14.0 Å². The summed E-state index contributed by atoms with van der Waals surface area (Å²) in [6.07, 6.45) is 0.727. The van der Waals surface area contributed by atoms with E-state index in [1.807, 2.05) is 25.2 Å². The minimum atomic E-state index is 0.306. The van der Waals surface area contributed by atoms with E-state index in [1.54, 1.807) is 0 Å². The first-order valence-electron chi connectivity index (χ1n) is 6.66. The Morgan fingerprint density at radius 1 is 1.25 bits per heavy atom. The molecule has 1 aromatic carbocycles. The molecule has 0 bridgehead atoms. The van der Waals surface area contributed by atoms with Gasteiger partial charge in [-0.2, -0.15) is 4.98 Å². The minimum Gasteiger partial charge on any atom is -0.486 e. The second kappa shape index (κ2) is 5.50. The maximum absolute atomic E-state index is 5.55. The zero-order valence-electron chi connectivity index (χ0n) is 11.5. The SMILES string of the molecule is CNC(C)Cc1noc(-c2ccc3c(c2)OCCO3)n1. The number of hydrogen-bond donors (Lipinski definition) is 1. The first-order valence-corrected chi connectivity index (χ1v) is 6.66. The van der Waals surface area contributed by atoms with E-state index >= 15 is 0 Å². The third kappa shape index (κ3) is 2.60. The van der Waals surface area contributed by atoms with Gasteiger partial charge in [-0.15, -0.1) is 0 Å². The molecule has 0 spiro atoms. The van der Waals surface area contributed by atoms with E-state index in [4.69, 9.17) is 14.0 Å². The molecule has 2 aromatic rings. The molecule has 0 radical (unpaired) electrons. The first-order chi connectivity index (χ1) is 9.76. The van der Waals surface area contributed by atoms with Crippen LogP contribution in [0.1, 0.15) is 12.7 Å². The van der Waals surface area contributed by atoms with Gasteiger partial charge in [-0.1, -0.05) is 5.16 Å². The van der Waals surface area contributed by atoms with Gasteiger partial charge in [-0.25, -0.2) is 0 Å². The monoisotopic (exact) mass is 275 g/mol. The average molecular weight is 275 g/mol. The molecule has 6 nitrogen and oxygen atoms in total. The predicted octanol–water partition coefficient (Wildman–Crippen LogP) is 1.66. The van der Waals surface area contributed by atoms with Crippen LogP contribution in [0.15, 0.2) is 22.7 Å². The summed E-state index contributed by atoms with van der Waals surface area (Å²) in [7, 11) is 1.91. The highest BCUT2D eigenvalue weighted by Crippen LogP contribution is 2.33. The Hall–Kier alpha value is -2.08. The fraction of sp³-hybridized carbons (Fsp3) is 0.429. The van der Waals surface area contributed by atoms with E-state index in [-0.39, 0.29) is 0 Å². The van der Waals surface area contributed by atoms with Gasteiger partial charge in [0.1, 0.15) is 13.2 Å².